The van der Waals surface area contributed by atoms with Gasteiger partial charge in [0.2, 0.25) is 5.91 Å². The zero-order chi connectivity index (χ0) is 25.3. The Bertz CT molecular complexity index is 1200. The smallest absolute Gasteiger partial charge is 0.286 e. The molecule has 0 bridgehead atoms. The van der Waals surface area contributed by atoms with Gasteiger partial charge in [0.1, 0.15) is 34.0 Å². The topological polar surface area (TPSA) is 83.1 Å². The van der Waals surface area contributed by atoms with Crippen LogP contribution in [0.3, 0.4) is 0 Å². The molecule has 0 radical (unpaired) electrons. The van der Waals surface area contributed by atoms with Crippen LogP contribution in [0.2, 0.25) is 0 Å². The summed E-state index contributed by atoms with van der Waals surface area (Å²) in [6, 6.07) is 20.6. The van der Waals surface area contributed by atoms with Crippen molar-refractivity contribution >= 4 is 22.9 Å². The van der Waals surface area contributed by atoms with Crippen molar-refractivity contribution < 1.29 is 28.5 Å². The monoisotopic (exact) mass is 507 g/mol. The molecule has 0 aliphatic carbocycles. The fourth-order valence-electron chi connectivity index (χ4n) is 3.78. The summed E-state index contributed by atoms with van der Waals surface area (Å²) in [6.07, 6.45) is 2.56. The molecule has 1 heterocycles. The molecule has 188 valence electrons. The second-order valence-electron chi connectivity index (χ2n) is 8.19. The van der Waals surface area contributed by atoms with Crippen LogP contribution in [-0.4, -0.2) is 31.5 Å². The maximum absolute atomic E-state index is 11.9. The van der Waals surface area contributed by atoms with E-state index in [2.05, 4.69) is 12.2 Å². The van der Waals surface area contributed by atoms with E-state index >= 15 is 0 Å². The summed E-state index contributed by atoms with van der Waals surface area (Å²) in [5, 5.41) is 1.46. The number of ether oxygens (including phenoxy) is 4. The molecular formula is C28H29NO6S. The number of aryl methyl sites for hydroxylation is 1. The second kappa shape index (κ2) is 12.4. The van der Waals surface area contributed by atoms with E-state index in [0.717, 1.165) is 58.7 Å². The van der Waals surface area contributed by atoms with E-state index in [1.165, 1.54) is 0 Å². The number of nitrogens with one attached hydrogen (secondary N) is 1. The number of carbonyl (C=O) groups excluding carboxylic acids is 2. The highest BCUT2D eigenvalue weighted by molar-refractivity contribution is 8.15. The lowest BCUT2D eigenvalue weighted by atomic mass is 10.1. The van der Waals surface area contributed by atoms with E-state index in [4.69, 9.17) is 18.9 Å². The van der Waals surface area contributed by atoms with Gasteiger partial charge >= 0.3 is 0 Å². The van der Waals surface area contributed by atoms with Crippen molar-refractivity contribution in [3.05, 3.63) is 77.9 Å². The minimum Gasteiger partial charge on any atom is -0.497 e. The maximum atomic E-state index is 11.9. The van der Waals surface area contributed by atoms with Crippen LogP contribution in [-0.2, 0) is 11.2 Å². The molecule has 1 saturated heterocycles. The zero-order valence-corrected chi connectivity index (χ0v) is 21.1. The summed E-state index contributed by atoms with van der Waals surface area (Å²) in [5.74, 6) is 3.49. The van der Waals surface area contributed by atoms with Gasteiger partial charge in [-0.1, -0.05) is 25.5 Å². The van der Waals surface area contributed by atoms with Gasteiger partial charge in [-0.15, -0.1) is 0 Å². The number of benzene rings is 3. The quantitative estimate of drug-likeness (QED) is 0.288. The Morgan fingerprint density at radius 3 is 2.33 bits per heavy atom. The van der Waals surface area contributed by atoms with Crippen LogP contribution in [0.5, 0.6) is 28.7 Å². The van der Waals surface area contributed by atoms with Gasteiger partial charge in [-0.2, -0.15) is 0 Å². The minimum atomic E-state index is -0.530. The first-order valence-electron chi connectivity index (χ1n) is 11.9. The van der Waals surface area contributed by atoms with Crippen molar-refractivity contribution in [3.63, 3.8) is 0 Å². The van der Waals surface area contributed by atoms with Gasteiger partial charge in [-0.3, -0.25) is 14.9 Å². The molecule has 0 unspecified atom stereocenters. The Morgan fingerprint density at radius 1 is 0.861 bits per heavy atom. The Hall–Kier alpha value is -3.65. The summed E-state index contributed by atoms with van der Waals surface area (Å²) < 4.78 is 23.1. The third-order valence-corrected chi connectivity index (χ3v) is 6.55. The van der Waals surface area contributed by atoms with Crippen molar-refractivity contribution in [1.82, 2.24) is 5.32 Å². The van der Waals surface area contributed by atoms with E-state index < -0.39 is 5.25 Å². The molecule has 1 N–H and O–H groups in total. The van der Waals surface area contributed by atoms with Gasteiger partial charge in [0.15, 0.2) is 0 Å². The Morgan fingerprint density at radius 2 is 1.61 bits per heavy atom. The average Bonchev–Trinajstić information content (AvgIpc) is 3.23. The SMILES string of the molecule is CCCc1cc(Oc2ccc(OC)cc2)ccc1OCCCOc1cccc([C@@H]2SC(=O)NC2=O)c1. The van der Waals surface area contributed by atoms with Crippen molar-refractivity contribution in [2.24, 2.45) is 0 Å². The van der Waals surface area contributed by atoms with Crippen molar-refractivity contribution in [2.45, 2.75) is 31.4 Å². The summed E-state index contributed by atoms with van der Waals surface area (Å²) in [6.45, 7) is 3.10. The van der Waals surface area contributed by atoms with Crippen LogP contribution in [0.25, 0.3) is 0 Å². The molecule has 4 rings (SSSR count). The first kappa shape index (κ1) is 25.4. The van der Waals surface area contributed by atoms with Crippen molar-refractivity contribution in [1.29, 1.82) is 0 Å². The van der Waals surface area contributed by atoms with E-state index in [0.29, 0.717) is 25.4 Å². The third-order valence-electron chi connectivity index (χ3n) is 5.51. The Kier molecular flexibility index (Phi) is 8.73. The number of thioether (sulfide) groups is 1. The molecule has 2 amide bonds. The van der Waals surface area contributed by atoms with Gasteiger partial charge in [-0.05, 0) is 83.9 Å². The summed E-state index contributed by atoms with van der Waals surface area (Å²) >= 11 is 0.984. The number of rotatable bonds is 12. The fourth-order valence-corrected chi connectivity index (χ4v) is 4.60. The van der Waals surface area contributed by atoms with Crippen LogP contribution in [0.4, 0.5) is 4.79 Å². The highest BCUT2D eigenvalue weighted by atomic mass is 32.2. The number of hydrogen-bond donors (Lipinski definition) is 1. The molecule has 3 aromatic rings. The zero-order valence-electron chi connectivity index (χ0n) is 20.3. The van der Waals surface area contributed by atoms with Gasteiger partial charge in [0, 0.05) is 6.42 Å². The Labute approximate surface area is 215 Å². The summed E-state index contributed by atoms with van der Waals surface area (Å²) in [7, 11) is 1.64. The van der Waals surface area contributed by atoms with Crippen LogP contribution < -0.4 is 24.3 Å². The third kappa shape index (κ3) is 6.73. The van der Waals surface area contributed by atoms with Gasteiger partial charge < -0.3 is 18.9 Å². The molecule has 3 aromatic carbocycles. The van der Waals surface area contributed by atoms with E-state index in [9.17, 15) is 9.59 Å². The first-order valence-corrected chi connectivity index (χ1v) is 12.8. The highest BCUT2D eigenvalue weighted by Crippen LogP contribution is 2.35. The van der Waals surface area contributed by atoms with Crippen LogP contribution >= 0.6 is 11.8 Å². The first-order chi connectivity index (χ1) is 17.6. The molecule has 1 aliphatic rings. The maximum Gasteiger partial charge on any atom is 0.286 e. The molecule has 1 aliphatic heterocycles. The fraction of sp³-hybridized carbons (Fsp3) is 0.286. The van der Waals surface area contributed by atoms with E-state index in [1.807, 2.05) is 60.7 Å². The highest BCUT2D eigenvalue weighted by Gasteiger charge is 2.33. The summed E-state index contributed by atoms with van der Waals surface area (Å²) in [5.41, 5.74) is 1.84. The number of amides is 2. The second-order valence-corrected chi connectivity index (χ2v) is 9.27. The predicted molar refractivity (Wildman–Crippen MR) is 139 cm³/mol. The molecule has 0 saturated carbocycles. The van der Waals surface area contributed by atoms with Gasteiger partial charge in [0.25, 0.3) is 5.24 Å². The lowest BCUT2D eigenvalue weighted by Gasteiger charge is -2.14. The average molecular weight is 508 g/mol. The van der Waals surface area contributed by atoms with Gasteiger partial charge in [0.05, 0.1) is 20.3 Å². The Balaban J connectivity index is 1.28. The molecule has 0 aromatic heterocycles. The number of hydrogen-bond acceptors (Lipinski definition) is 7. The lowest BCUT2D eigenvalue weighted by molar-refractivity contribution is -0.119. The number of methoxy groups -OCH3 is 1. The minimum absolute atomic E-state index is 0.293. The molecule has 1 fully saturated rings. The lowest BCUT2D eigenvalue weighted by Crippen LogP contribution is -2.20. The summed E-state index contributed by atoms with van der Waals surface area (Å²) in [4.78, 5) is 23.4. The van der Waals surface area contributed by atoms with Crippen LogP contribution in [0, 0.1) is 0 Å². The van der Waals surface area contributed by atoms with E-state index in [1.54, 1.807) is 13.2 Å². The number of imide groups is 1. The van der Waals surface area contributed by atoms with Crippen molar-refractivity contribution in [3.8, 4) is 28.7 Å². The largest absolute Gasteiger partial charge is 0.497 e. The van der Waals surface area contributed by atoms with Crippen LogP contribution in [0.1, 0.15) is 36.1 Å². The normalized spacial score (nSPS) is 14.9. The van der Waals surface area contributed by atoms with Crippen molar-refractivity contribution in [2.75, 3.05) is 20.3 Å². The predicted octanol–water partition coefficient (Wildman–Crippen LogP) is 6.31. The molecule has 0 spiro atoms. The number of carbonyl (C=O) groups is 2. The van der Waals surface area contributed by atoms with Crippen LogP contribution in [0.15, 0.2) is 66.7 Å². The molecule has 8 heteroatoms. The standard InChI is InChI=1S/C28H29NO6S/c1-3-6-19-17-24(35-22-11-9-21(32-2)10-12-22)13-14-25(19)34-16-5-15-33-23-8-4-7-20(18-23)26-27(30)29-28(31)36-26/h4,7-14,17-18,26H,3,5-6,15-16H2,1-2H3,(H,29,30,31)/t26-/m0/s1. The van der Waals surface area contributed by atoms with E-state index in [-0.39, 0.29) is 11.1 Å². The molecular weight excluding hydrogens is 478 g/mol. The molecule has 1 atom stereocenters. The van der Waals surface area contributed by atoms with Gasteiger partial charge in [-0.25, -0.2) is 0 Å². The molecule has 36 heavy (non-hydrogen) atoms. The molecule has 7 nitrogen and oxygen atoms in total.